The molecule has 0 aliphatic carbocycles. The van der Waals surface area contributed by atoms with Gasteiger partial charge in [-0.05, 0) is 72.7 Å². The van der Waals surface area contributed by atoms with E-state index in [1.165, 1.54) is 60.7 Å². The monoisotopic (exact) mass is 622 g/mol. The van der Waals surface area contributed by atoms with E-state index in [1.807, 2.05) is 0 Å². The zero-order valence-electron chi connectivity index (χ0n) is 22.9. The minimum Gasteiger partial charge on any atom is -0.494 e. The summed E-state index contributed by atoms with van der Waals surface area (Å²) in [5, 5.41) is 0. The van der Waals surface area contributed by atoms with Gasteiger partial charge in [0.25, 0.3) is 0 Å². The average molecular weight is 623 g/mol. The van der Waals surface area contributed by atoms with Crippen LogP contribution in [0.4, 0.5) is 33.3 Å². The Bertz CT molecular complexity index is 1450. The topological polar surface area (TPSA) is 140 Å². The summed E-state index contributed by atoms with van der Waals surface area (Å²) in [4.78, 5) is 36.3. The molecule has 3 aromatic rings. The number of halogens is 5. The maximum absolute atomic E-state index is 12.9. The number of benzene rings is 3. The van der Waals surface area contributed by atoms with Gasteiger partial charge in [0, 0.05) is 23.9 Å². The van der Waals surface area contributed by atoms with Crippen LogP contribution in [-0.4, -0.2) is 49.8 Å². The van der Waals surface area contributed by atoms with Crippen LogP contribution in [0.1, 0.15) is 39.1 Å². The lowest BCUT2D eigenvalue weighted by atomic mass is 10.2. The highest BCUT2D eigenvalue weighted by atomic mass is 19.4. The van der Waals surface area contributed by atoms with Crippen molar-refractivity contribution in [2.24, 2.45) is 0 Å². The van der Waals surface area contributed by atoms with E-state index in [0.29, 0.717) is 16.9 Å². The molecule has 3 aromatic carbocycles. The molecule has 0 aliphatic rings. The molecule has 0 saturated carbocycles. The first-order valence-electron chi connectivity index (χ1n) is 12.9. The maximum Gasteiger partial charge on any atom is 0.453 e. The predicted octanol–water partition coefficient (Wildman–Crippen LogP) is 5.84. The minimum atomic E-state index is -5.61. The van der Waals surface area contributed by atoms with Gasteiger partial charge in [-0.15, -0.1) is 0 Å². The van der Waals surface area contributed by atoms with Crippen molar-refractivity contribution in [2.75, 3.05) is 31.3 Å². The summed E-state index contributed by atoms with van der Waals surface area (Å²) < 4.78 is 82.9. The molecule has 14 heteroatoms. The van der Waals surface area contributed by atoms with E-state index in [-0.39, 0.29) is 42.4 Å². The molecule has 9 nitrogen and oxygen atoms in total. The zero-order chi connectivity index (χ0) is 32.3. The minimum absolute atomic E-state index is 0.135. The normalized spacial score (nSPS) is 11.7. The molecule has 0 fully saturated rings. The molecule has 0 heterocycles. The van der Waals surface area contributed by atoms with Crippen molar-refractivity contribution < 1.29 is 55.3 Å². The van der Waals surface area contributed by atoms with Crippen LogP contribution in [0.5, 0.6) is 11.5 Å². The van der Waals surface area contributed by atoms with Gasteiger partial charge in [0.2, 0.25) is 0 Å². The fraction of sp³-hybridized carbons (Fsp3) is 0.233. The molecule has 3 rings (SSSR count). The number of carbonyl (C=O) groups excluding carboxylic acids is 3. The summed E-state index contributed by atoms with van der Waals surface area (Å²) >= 11 is 0. The Morgan fingerprint density at radius 2 is 1.30 bits per heavy atom. The summed E-state index contributed by atoms with van der Waals surface area (Å²) in [6.07, 6.45) is -4.92. The molecule has 0 aliphatic heterocycles. The van der Waals surface area contributed by atoms with Crippen LogP contribution in [0.25, 0.3) is 6.08 Å². The van der Waals surface area contributed by atoms with Crippen molar-refractivity contribution in [3.8, 4) is 11.5 Å². The van der Waals surface area contributed by atoms with Crippen LogP contribution in [0.3, 0.4) is 0 Å². The third kappa shape index (κ3) is 10.3. The van der Waals surface area contributed by atoms with E-state index in [1.54, 1.807) is 12.1 Å². The highest BCUT2D eigenvalue weighted by Gasteiger charge is 2.56. The number of esters is 3. The SMILES string of the molecule is Nc1cc(N)cc(C(=O)OCCOC(=O)/C=C/c2ccc(OC(=O)c3ccc(OCCCC(F)(F)C(F)(F)F)cc3)cc2)c1. The third-order valence-corrected chi connectivity index (χ3v) is 5.69. The van der Waals surface area contributed by atoms with Crippen molar-refractivity contribution in [1.82, 2.24) is 0 Å². The largest absolute Gasteiger partial charge is 0.494 e. The quantitative estimate of drug-likeness (QED) is 0.0601. The summed E-state index contributed by atoms with van der Waals surface area (Å²) in [6, 6.07) is 15.8. The lowest BCUT2D eigenvalue weighted by Gasteiger charge is -2.19. The van der Waals surface area contributed by atoms with Crippen molar-refractivity contribution >= 4 is 35.4 Å². The first-order valence-corrected chi connectivity index (χ1v) is 12.9. The summed E-state index contributed by atoms with van der Waals surface area (Å²) in [5.74, 6) is -6.49. The number of carbonyl (C=O) groups is 3. The van der Waals surface area contributed by atoms with Gasteiger partial charge in [0.05, 0.1) is 17.7 Å². The molecule has 0 atom stereocenters. The van der Waals surface area contributed by atoms with Crippen molar-refractivity contribution in [2.45, 2.75) is 24.9 Å². The van der Waals surface area contributed by atoms with Gasteiger partial charge in [-0.25, -0.2) is 14.4 Å². The zero-order valence-corrected chi connectivity index (χ0v) is 22.9. The number of anilines is 2. The van der Waals surface area contributed by atoms with Crippen molar-refractivity contribution in [3.05, 3.63) is 89.5 Å². The first-order chi connectivity index (χ1) is 20.7. The maximum atomic E-state index is 12.9. The Labute approximate surface area is 248 Å². The van der Waals surface area contributed by atoms with Crippen LogP contribution in [0, 0.1) is 0 Å². The number of hydrogen-bond donors (Lipinski definition) is 2. The molecule has 234 valence electrons. The standard InChI is InChI=1S/C30H27F5N2O7/c31-29(32,30(33,34)35)12-1-13-41-24-9-5-20(6-10-24)28(40)44-25-7-2-19(3-8-25)4-11-26(38)42-14-15-43-27(39)21-16-22(36)18-23(37)17-21/h2-11,16-18H,1,12-15,36-37H2/b11-4+. The van der Waals surface area contributed by atoms with E-state index in [2.05, 4.69) is 0 Å². The average Bonchev–Trinajstić information content (AvgIpc) is 2.96. The van der Waals surface area contributed by atoms with Crippen LogP contribution in [0.2, 0.25) is 0 Å². The molecular weight excluding hydrogens is 595 g/mol. The first kappa shape index (κ1) is 33.4. The van der Waals surface area contributed by atoms with E-state index in [4.69, 9.17) is 30.4 Å². The van der Waals surface area contributed by atoms with E-state index < -0.39 is 42.8 Å². The van der Waals surface area contributed by atoms with Gasteiger partial charge in [-0.2, -0.15) is 22.0 Å². The Hall–Kier alpha value is -5.14. The van der Waals surface area contributed by atoms with Gasteiger partial charge in [0.15, 0.2) is 0 Å². The van der Waals surface area contributed by atoms with Crippen LogP contribution in [0.15, 0.2) is 72.8 Å². The molecule has 0 aromatic heterocycles. The molecule has 0 spiro atoms. The second-order valence-corrected chi connectivity index (χ2v) is 9.16. The molecule has 0 unspecified atom stereocenters. The van der Waals surface area contributed by atoms with Gasteiger partial charge in [-0.3, -0.25) is 0 Å². The van der Waals surface area contributed by atoms with Crippen LogP contribution >= 0.6 is 0 Å². The van der Waals surface area contributed by atoms with Gasteiger partial charge < -0.3 is 30.4 Å². The highest BCUT2D eigenvalue weighted by molar-refractivity contribution is 5.92. The lowest BCUT2D eigenvalue weighted by Crippen LogP contribution is -2.36. The third-order valence-electron chi connectivity index (χ3n) is 5.69. The van der Waals surface area contributed by atoms with Gasteiger partial charge >= 0.3 is 30.0 Å². The molecule has 44 heavy (non-hydrogen) atoms. The highest BCUT2D eigenvalue weighted by Crippen LogP contribution is 2.38. The summed E-state index contributed by atoms with van der Waals surface area (Å²) in [7, 11) is 0. The Balaban J connectivity index is 1.38. The van der Waals surface area contributed by atoms with Gasteiger partial charge in [-0.1, -0.05) is 12.1 Å². The molecule has 0 amide bonds. The van der Waals surface area contributed by atoms with Gasteiger partial charge in [0.1, 0.15) is 24.7 Å². The molecule has 0 radical (unpaired) electrons. The number of nitrogen functional groups attached to an aromatic ring is 2. The number of nitrogens with two attached hydrogens (primary N) is 2. The van der Waals surface area contributed by atoms with E-state index in [9.17, 15) is 36.3 Å². The molecule has 4 N–H and O–H groups in total. The van der Waals surface area contributed by atoms with E-state index >= 15 is 0 Å². The smallest absolute Gasteiger partial charge is 0.453 e. The number of alkyl halides is 5. The van der Waals surface area contributed by atoms with Crippen molar-refractivity contribution in [1.29, 1.82) is 0 Å². The van der Waals surface area contributed by atoms with Crippen molar-refractivity contribution in [3.63, 3.8) is 0 Å². The predicted molar refractivity (Wildman–Crippen MR) is 149 cm³/mol. The number of ether oxygens (including phenoxy) is 4. The lowest BCUT2D eigenvalue weighted by molar-refractivity contribution is -0.284. The second kappa shape index (κ2) is 14.8. The van der Waals surface area contributed by atoms with Crippen LogP contribution in [-0.2, 0) is 14.3 Å². The van der Waals surface area contributed by atoms with E-state index in [0.717, 1.165) is 6.08 Å². The van der Waals surface area contributed by atoms with Crippen LogP contribution < -0.4 is 20.9 Å². The second-order valence-electron chi connectivity index (χ2n) is 9.16. The number of rotatable bonds is 13. The summed E-state index contributed by atoms with van der Waals surface area (Å²) in [6.45, 7) is -0.740. The molecule has 0 saturated heterocycles. The molecular formula is C30H27F5N2O7. The fourth-order valence-corrected chi connectivity index (χ4v) is 3.49. The Kier molecular flexibility index (Phi) is 11.3. The Morgan fingerprint density at radius 1 is 0.705 bits per heavy atom. The molecule has 0 bridgehead atoms. The Morgan fingerprint density at radius 3 is 1.91 bits per heavy atom. The fourth-order valence-electron chi connectivity index (χ4n) is 3.49. The summed E-state index contributed by atoms with van der Waals surface area (Å²) in [5.41, 5.74) is 12.8. The number of hydrogen-bond acceptors (Lipinski definition) is 9.